The largest absolute Gasteiger partial charge is 0.425 e. The van der Waals surface area contributed by atoms with Gasteiger partial charge in [0.2, 0.25) is 11.8 Å². The van der Waals surface area contributed by atoms with Gasteiger partial charge in [-0.15, -0.1) is 0 Å². The van der Waals surface area contributed by atoms with Gasteiger partial charge in [-0.25, -0.2) is 4.79 Å². The maximum atomic E-state index is 12.3. The van der Waals surface area contributed by atoms with Crippen molar-refractivity contribution in [2.75, 3.05) is 0 Å². The van der Waals surface area contributed by atoms with E-state index >= 15 is 0 Å². The molecule has 1 aromatic rings. The number of fused-ring (bicyclic) bond motifs is 1. The summed E-state index contributed by atoms with van der Waals surface area (Å²) in [6, 6.07) is 6.39. The Kier molecular flexibility index (Phi) is 4.30. The molecule has 0 saturated carbocycles. The highest BCUT2D eigenvalue weighted by atomic mass is 16.5. The Morgan fingerprint density at radius 1 is 1.36 bits per heavy atom. The summed E-state index contributed by atoms with van der Waals surface area (Å²) in [4.78, 5) is 35.6. The maximum absolute atomic E-state index is 12.3. The van der Waals surface area contributed by atoms with Crippen molar-refractivity contribution >= 4 is 17.8 Å². The van der Waals surface area contributed by atoms with Crippen molar-refractivity contribution in [1.82, 2.24) is 10.6 Å². The third kappa shape index (κ3) is 3.33. The molecule has 1 heterocycles. The maximum Gasteiger partial charge on any atom is 0.334 e. The fourth-order valence-corrected chi connectivity index (χ4v) is 2.12. The fraction of sp³-hybridized carbons (Fsp3) is 0.312. The molecule has 1 atom stereocenters. The molecular weight excluding hydrogens is 284 g/mol. The second-order valence-corrected chi connectivity index (χ2v) is 5.58. The number of ether oxygens (including phenoxy) is 1. The molecule has 22 heavy (non-hydrogen) atoms. The number of para-hydroxylation sites is 1. The predicted octanol–water partition coefficient (Wildman–Crippen LogP) is 0.714. The number of benzene rings is 1. The van der Waals surface area contributed by atoms with E-state index in [0.717, 1.165) is 11.6 Å². The molecule has 0 saturated heterocycles. The Labute approximate surface area is 128 Å². The van der Waals surface area contributed by atoms with Gasteiger partial charge in [-0.2, -0.15) is 0 Å². The van der Waals surface area contributed by atoms with Gasteiger partial charge >= 0.3 is 5.97 Å². The van der Waals surface area contributed by atoms with E-state index < -0.39 is 29.4 Å². The van der Waals surface area contributed by atoms with Crippen molar-refractivity contribution in [1.29, 1.82) is 0 Å². The van der Waals surface area contributed by atoms with Gasteiger partial charge in [-0.3, -0.25) is 9.59 Å². The summed E-state index contributed by atoms with van der Waals surface area (Å²) < 4.78 is 5.20. The molecule has 2 N–H and O–H groups in total. The number of carbonyl (C=O) groups is 3. The summed E-state index contributed by atoms with van der Waals surface area (Å²) in [6.07, 6.45) is 1.44. The van der Waals surface area contributed by atoms with Crippen molar-refractivity contribution in [2.24, 2.45) is 0 Å². The molecule has 1 aliphatic heterocycles. The van der Waals surface area contributed by atoms with Crippen LogP contribution in [0.4, 0.5) is 0 Å². The highest BCUT2D eigenvalue weighted by molar-refractivity contribution is 5.96. The summed E-state index contributed by atoms with van der Waals surface area (Å²) in [7, 11) is 0. The predicted molar refractivity (Wildman–Crippen MR) is 80.1 cm³/mol. The summed E-state index contributed by atoms with van der Waals surface area (Å²) in [6.45, 7) is 6.43. The molecule has 0 spiro atoms. The monoisotopic (exact) mass is 302 g/mol. The van der Waals surface area contributed by atoms with Gasteiger partial charge in [0, 0.05) is 6.42 Å². The van der Waals surface area contributed by atoms with Gasteiger partial charge in [0.05, 0.1) is 0 Å². The zero-order chi connectivity index (χ0) is 16.3. The number of nitrogens with one attached hydrogen (secondary N) is 2. The molecule has 2 amide bonds. The average molecular weight is 302 g/mol. The Balaban J connectivity index is 2.07. The van der Waals surface area contributed by atoms with Crippen LogP contribution in [0.1, 0.15) is 19.4 Å². The minimum Gasteiger partial charge on any atom is -0.425 e. The zero-order valence-electron chi connectivity index (χ0n) is 12.5. The van der Waals surface area contributed by atoms with E-state index in [1.807, 2.05) is 12.1 Å². The molecule has 2 rings (SSSR count). The number of hydrogen-bond acceptors (Lipinski definition) is 4. The van der Waals surface area contributed by atoms with Crippen LogP contribution in [0.25, 0.3) is 0 Å². The summed E-state index contributed by atoms with van der Waals surface area (Å²) in [5.74, 6) is -0.934. The van der Waals surface area contributed by atoms with E-state index in [1.165, 1.54) is 0 Å². The molecule has 0 radical (unpaired) electrons. The third-order valence-corrected chi connectivity index (χ3v) is 3.39. The Morgan fingerprint density at radius 3 is 2.73 bits per heavy atom. The zero-order valence-corrected chi connectivity index (χ0v) is 12.5. The first kappa shape index (κ1) is 15.8. The van der Waals surface area contributed by atoms with E-state index in [0.29, 0.717) is 12.2 Å². The minimum absolute atomic E-state index is 0.353. The van der Waals surface area contributed by atoms with E-state index in [4.69, 9.17) is 4.74 Å². The standard InChI is InChI=1S/C16H18N2O4/c1-4-13(19)18-16(2,3)15(21)17-11-9-10-7-5-6-8-12(10)22-14(11)20/h4-8,11H,1,9H2,2-3H3,(H,17,21)(H,18,19). The third-order valence-electron chi connectivity index (χ3n) is 3.39. The molecule has 6 nitrogen and oxygen atoms in total. The van der Waals surface area contributed by atoms with Crippen LogP contribution in [0, 0.1) is 0 Å². The highest BCUT2D eigenvalue weighted by Crippen LogP contribution is 2.24. The summed E-state index contributed by atoms with van der Waals surface area (Å²) in [5.41, 5.74) is -0.317. The first-order valence-corrected chi connectivity index (χ1v) is 6.88. The number of carbonyl (C=O) groups excluding carboxylic acids is 3. The van der Waals surface area contributed by atoms with Crippen molar-refractivity contribution in [2.45, 2.75) is 31.8 Å². The first-order valence-electron chi connectivity index (χ1n) is 6.88. The van der Waals surface area contributed by atoms with E-state index in [9.17, 15) is 14.4 Å². The molecule has 0 bridgehead atoms. The lowest BCUT2D eigenvalue weighted by Gasteiger charge is -2.29. The van der Waals surface area contributed by atoms with Crippen LogP contribution in [0.2, 0.25) is 0 Å². The number of esters is 1. The number of amides is 2. The first-order chi connectivity index (χ1) is 10.3. The van der Waals surface area contributed by atoms with Crippen molar-refractivity contribution in [3.05, 3.63) is 42.5 Å². The van der Waals surface area contributed by atoms with Crippen LogP contribution in [0.15, 0.2) is 36.9 Å². The van der Waals surface area contributed by atoms with Gasteiger partial charge in [0.1, 0.15) is 17.3 Å². The minimum atomic E-state index is -1.16. The second kappa shape index (κ2) is 6.01. The van der Waals surface area contributed by atoms with Crippen molar-refractivity contribution < 1.29 is 19.1 Å². The Bertz CT molecular complexity index is 637. The molecule has 116 valence electrons. The lowest BCUT2D eigenvalue weighted by molar-refractivity contribution is -0.141. The Hall–Kier alpha value is -2.63. The normalized spacial score (nSPS) is 17.0. The topological polar surface area (TPSA) is 84.5 Å². The molecule has 0 aliphatic carbocycles. The van der Waals surface area contributed by atoms with Crippen LogP contribution >= 0.6 is 0 Å². The number of rotatable bonds is 4. The summed E-state index contributed by atoms with van der Waals surface area (Å²) in [5, 5.41) is 5.12. The lowest BCUT2D eigenvalue weighted by atomic mass is 9.99. The highest BCUT2D eigenvalue weighted by Gasteiger charge is 2.35. The van der Waals surface area contributed by atoms with Crippen LogP contribution in [-0.2, 0) is 20.8 Å². The van der Waals surface area contributed by atoms with E-state index in [-0.39, 0.29) is 0 Å². The quantitative estimate of drug-likeness (QED) is 0.487. The van der Waals surface area contributed by atoms with Crippen molar-refractivity contribution in [3.63, 3.8) is 0 Å². The van der Waals surface area contributed by atoms with Gasteiger partial charge in [-0.05, 0) is 31.6 Å². The molecular formula is C16H18N2O4. The molecule has 0 fully saturated rings. The van der Waals surface area contributed by atoms with Gasteiger partial charge in [0.25, 0.3) is 0 Å². The SMILES string of the molecule is C=CC(=O)NC(C)(C)C(=O)NC1Cc2ccccc2OC1=O. The van der Waals surface area contributed by atoms with E-state index in [1.54, 1.807) is 26.0 Å². The average Bonchev–Trinajstić information content (AvgIpc) is 2.47. The fourth-order valence-electron chi connectivity index (χ4n) is 2.12. The number of hydrogen-bond donors (Lipinski definition) is 2. The van der Waals surface area contributed by atoms with Crippen LogP contribution in [-0.4, -0.2) is 29.4 Å². The molecule has 1 aromatic carbocycles. The van der Waals surface area contributed by atoms with Gasteiger partial charge in [-0.1, -0.05) is 24.8 Å². The second-order valence-electron chi connectivity index (χ2n) is 5.58. The molecule has 6 heteroatoms. The van der Waals surface area contributed by atoms with E-state index in [2.05, 4.69) is 17.2 Å². The Morgan fingerprint density at radius 2 is 2.05 bits per heavy atom. The van der Waals surface area contributed by atoms with Gasteiger partial charge < -0.3 is 15.4 Å². The molecule has 1 aliphatic rings. The molecule has 0 aromatic heterocycles. The molecule has 1 unspecified atom stereocenters. The van der Waals surface area contributed by atoms with Crippen LogP contribution < -0.4 is 15.4 Å². The van der Waals surface area contributed by atoms with Crippen LogP contribution in [0.3, 0.4) is 0 Å². The van der Waals surface area contributed by atoms with Crippen LogP contribution in [0.5, 0.6) is 5.75 Å². The smallest absolute Gasteiger partial charge is 0.334 e. The lowest BCUT2D eigenvalue weighted by Crippen LogP contribution is -2.58. The van der Waals surface area contributed by atoms with Crippen molar-refractivity contribution in [3.8, 4) is 5.75 Å². The summed E-state index contributed by atoms with van der Waals surface area (Å²) >= 11 is 0. The van der Waals surface area contributed by atoms with Gasteiger partial charge in [0.15, 0.2) is 0 Å².